The fraction of sp³-hybridized carbons (Fsp3) is 0.133. The molecule has 0 aliphatic rings. The summed E-state index contributed by atoms with van der Waals surface area (Å²) in [6, 6.07) is 10.9. The van der Waals surface area contributed by atoms with E-state index < -0.39 is 6.10 Å². The van der Waals surface area contributed by atoms with E-state index in [4.69, 9.17) is 16.3 Å². The maximum absolute atomic E-state index is 13.1. The van der Waals surface area contributed by atoms with E-state index in [0.29, 0.717) is 16.3 Å². The van der Waals surface area contributed by atoms with Crippen LogP contribution in [0.2, 0.25) is 5.02 Å². The number of carbonyl (C=O) groups excluding carboxylic acids is 1. The number of carbonyl (C=O) groups is 1. The van der Waals surface area contributed by atoms with Gasteiger partial charge in [0.25, 0.3) is 0 Å². The summed E-state index contributed by atoms with van der Waals surface area (Å²) in [6.45, 7) is 1.64. The average Bonchev–Trinajstić information content (AvgIpc) is 2.42. The highest BCUT2D eigenvalue weighted by atomic mass is 79.9. The Bertz CT molecular complexity index is 646. The number of benzene rings is 2. The molecule has 0 radical (unpaired) electrons. The number of ketones is 1. The summed E-state index contributed by atoms with van der Waals surface area (Å²) in [6.07, 6.45) is -0.689. The molecule has 20 heavy (non-hydrogen) atoms. The lowest BCUT2D eigenvalue weighted by Gasteiger charge is -2.14. The van der Waals surface area contributed by atoms with Crippen molar-refractivity contribution < 1.29 is 13.9 Å². The van der Waals surface area contributed by atoms with Crippen LogP contribution in [0.1, 0.15) is 17.3 Å². The number of Topliss-reactive ketones (excluding diaryl/α,β-unsaturated/α-hetero) is 1. The molecule has 0 aromatic heterocycles. The second-order valence-corrected chi connectivity index (χ2v) is 5.50. The number of hydrogen-bond donors (Lipinski definition) is 0. The molecule has 2 aromatic carbocycles. The van der Waals surface area contributed by atoms with Crippen molar-refractivity contribution in [2.45, 2.75) is 13.0 Å². The highest BCUT2D eigenvalue weighted by Crippen LogP contribution is 2.23. The van der Waals surface area contributed by atoms with Gasteiger partial charge in [0.05, 0.1) is 4.47 Å². The summed E-state index contributed by atoms with van der Waals surface area (Å²) in [7, 11) is 0. The third-order valence-corrected chi connectivity index (χ3v) is 3.53. The Kier molecular flexibility index (Phi) is 4.78. The minimum Gasteiger partial charge on any atom is -0.483 e. The molecular weight excluding hydrogens is 347 g/mol. The molecule has 0 aliphatic heterocycles. The zero-order valence-corrected chi connectivity index (χ0v) is 12.9. The normalized spacial score (nSPS) is 12.0. The van der Waals surface area contributed by atoms with Crippen LogP contribution in [-0.4, -0.2) is 11.9 Å². The standard InChI is InChI=1S/C15H11BrClFO2/c1-9(15(19)10-3-2-4-11(17)7-10)20-12-5-6-14(18)13(16)8-12/h2-9H,1H3. The molecule has 1 atom stereocenters. The molecule has 2 nitrogen and oxygen atoms in total. The fourth-order valence-electron chi connectivity index (χ4n) is 1.68. The maximum Gasteiger partial charge on any atom is 0.203 e. The van der Waals surface area contributed by atoms with Crippen LogP contribution in [-0.2, 0) is 0 Å². The Hall–Kier alpha value is -1.39. The van der Waals surface area contributed by atoms with Gasteiger partial charge in [-0.05, 0) is 53.2 Å². The molecule has 0 fully saturated rings. The minimum absolute atomic E-state index is 0.187. The Morgan fingerprint density at radius 3 is 2.70 bits per heavy atom. The molecule has 0 spiro atoms. The second-order valence-electron chi connectivity index (χ2n) is 4.21. The SMILES string of the molecule is CC(Oc1ccc(F)c(Br)c1)C(=O)c1cccc(Cl)c1. The van der Waals surface area contributed by atoms with Gasteiger partial charge in [0.15, 0.2) is 6.10 Å². The van der Waals surface area contributed by atoms with Gasteiger partial charge < -0.3 is 4.74 Å². The van der Waals surface area contributed by atoms with Gasteiger partial charge in [-0.1, -0.05) is 23.7 Å². The third-order valence-electron chi connectivity index (χ3n) is 2.68. The summed E-state index contributed by atoms with van der Waals surface area (Å²) < 4.78 is 18.9. The maximum atomic E-state index is 13.1. The predicted molar refractivity (Wildman–Crippen MR) is 80.0 cm³/mol. The van der Waals surface area contributed by atoms with Crippen LogP contribution >= 0.6 is 27.5 Å². The van der Waals surface area contributed by atoms with E-state index in [0.717, 1.165) is 0 Å². The van der Waals surface area contributed by atoms with Crippen molar-refractivity contribution in [3.8, 4) is 5.75 Å². The van der Waals surface area contributed by atoms with Crippen LogP contribution in [0.5, 0.6) is 5.75 Å². The lowest BCUT2D eigenvalue weighted by atomic mass is 10.1. The van der Waals surface area contributed by atoms with Gasteiger partial charge in [-0.15, -0.1) is 0 Å². The quantitative estimate of drug-likeness (QED) is 0.728. The largest absolute Gasteiger partial charge is 0.483 e. The first-order valence-electron chi connectivity index (χ1n) is 5.89. The highest BCUT2D eigenvalue weighted by Gasteiger charge is 2.17. The van der Waals surface area contributed by atoms with Gasteiger partial charge in [-0.2, -0.15) is 0 Å². The Morgan fingerprint density at radius 2 is 2.05 bits per heavy atom. The second kappa shape index (κ2) is 6.37. The molecule has 2 rings (SSSR count). The van der Waals surface area contributed by atoms with Crippen molar-refractivity contribution in [3.05, 3.63) is 63.3 Å². The first kappa shape index (κ1) is 15.0. The monoisotopic (exact) mass is 356 g/mol. The molecule has 1 unspecified atom stereocenters. The van der Waals surface area contributed by atoms with E-state index in [-0.39, 0.29) is 16.1 Å². The van der Waals surface area contributed by atoms with E-state index in [1.54, 1.807) is 31.2 Å². The fourth-order valence-corrected chi connectivity index (χ4v) is 2.23. The van der Waals surface area contributed by atoms with Crippen molar-refractivity contribution in [2.75, 3.05) is 0 Å². The summed E-state index contributed by atoms with van der Waals surface area (Å²) in [5, 5.41) is 0.493. The van der Waals surface area contributed by atoms with Crippen LogP contribution in [0, 0.1) is 5.82 Å². The summed E-state index contributed by atoms with van der Waals surface area (Å²) in [5.41, 5.74) is 0.478. The zero-order valence-electron chi connectivity index (χ0n) is 10.6. The molecule has 0 saturated heterocycles. The molecule has 0 bridgehead atoms. The van der Waals surface area contributed by atoms with Gasteiger partial charge in [-0.3, -0.25) is 4.79 Å². The van der Waals surface area contributed by atoms with Gasteiger partial charge in [0.1, 0.15) is 11.6 Å². The first-order valence-corrected chi connectivity index (χ1v) is 7.06. The smallest absolute Gasteiger partial charge is 0.203 e. The lowest BCUT2D eigenvalue weighted by molar-refractivity contribution is 0.0818. The van der Waals surface area contributed by atoms with Crippen molar-refractivity contribution in [1.29, 1.82) is 0 Å². The molecule has 104 valence electrons. The molecule has 0 heterocycles. The molecule has 0 saturated carbocycles. The van der Waals surface area contributed by atoms with Gasteiger partial charge in [-0.25, -0.2) is 4.39 Å². The summed E-state index contributed by atoms with van der Waals surface area (Å²) in [4.78, 5) is 12.2. The van der Waals surface area contributed by atoms with Gasteiger partial charge in [0, 0.05) is 10.6 Å². The van der Waals surface area contributed by atoms with Gasteiger partial charge in [0.2, 0.25) is 5.78 Å². The van der Waals surface area contributed by atoms with Crippen LogP contribution < -0.4 is 4.74 Å². The third kappa shape index (κ3) is 3.58. The number of halogens is 3. The van der Waals surface area contributed by atoms with Gasteiger partial charge >= 0.3 is 0 Å². The van der Waals surface area contributed by atoms with Crippen molar-refractivity contribution in [2.24, 2.45) is 0 Å². The summed E-state index contributed by atoms with van der Waals surface area (Å²) >= 11 is 8.92. The van der Waals surface area contributed by atoms with Crippen LogP contribution in [0.4, 0.5) is 4.39 Å². The summed E-state index contributed by atoms with van der Waals surface area (Å²) in [5.74, 6) is -0.153. The number of rotatable bonds is 4. The molecular formula is C15H11BrClFO2. The van der Waals surface area contributed by atoms with Crippen molar-refractivity contribution in [1.82, 2.24) is 0 Å². The van der Waals surface area contributed by atoms with Crippen molar-refractivity contribution >= 4 is 33.3 Å². The van der Waals surface area contributed by atoms with E-state index >= 15 is 0 Å². The van der Waals surface area contributed by atoms with Crippen molar-refractivity contribution in [3.63, 3.8) is 0 Å². The van der Waals surface area contributed by atoms with E-state index in [9.17, 15) is 9.18 Å². The average molecular weight is 358 g/mol. The minimum atomic E-state index is -0.689. The number of hydrogen-bond acceptors (Lipinski definition) is 2. The Morgan fingerprint density at radius 1 is 1.30 bits per heavy atom. The lowest BCUT2D eigenvalue weighted by Crippen LogP contribution is -2.23. The highest BCUT2D eigenvalue weighted by molar-refractivity contribution is 9.10. The first-order chi connectivity index (χ1) is 9.47. The molecule has 5 heteroatoms. The Labute approximate surface area is 129 Å². The Balaban J connectivity index is 2.13. The van der Waals surface area contributed by atoms with Crippen LogP contribution in [0.25, 0.3) is 0 Å². The zero-order chi connectivity index (χ0) is 14.7. The molecule has 0 aliphatic carbocycles. The predicted octanol–water partition coefficient (Wildman–Crippen LogP) is 4.89. The van der Waals surface area contributed by atoms with E-state index in [1.165, 1.54) is 18.2 Å². The number of ether oxygens (including phenoxy) is 1. The molecule has 0 N–H and O–H groups in total. The van der Waals surface area contributed by atoms with E-state index in [1.807, 2.05) is 0 Å². The topological polar surface area (TPSA) is 26.3 Å². The molecule has 0 amide bonds. The van der Waals surface area contributed by atoms with Crippen LogP contribution in [0.3, 0.4) is 0 Å². The van der Waals surface area contributed by atoms with E-state index in [2.05, 4.69) is 15.9 Å². The van der Waals surface area contributed by atoms with Crippen LogP contribution in [0.15, 0.2) is 46.9 Å². The molecule has 2 aromatic rings.